The second-order valence-electron chi connectivity index (χ2n) is 1.06. The van der Waals surface area contributed by atoms with Crippen LogP contribution in [0.15, 0.2) is 18.3 Å². The van der Waals surface area contributed by atoms with Gasteiger partial charge in [-0.2, -0.15) is 0 Å². The van der Waals surface area contributed by atoms with Crippen LogP contribution in [0.4, 0.5) is 0 Å². The first-order valence-corrected chi connectivity index (χ1v) is 1.72. The van der Waals surface area contributed by atoms with Gasteiger partial charge in [-0.05, 0) is 12.1 Å². The Kier molecular flexibility index (Phi) is 1.95. The Balaban J connectivity index is 0.000000360. The summed E-state index contributed by atoms with van der Waals surface area (Å²) in [6.45, 7) is 0. The normalized spacial score (nSPS) is 7.43. The van der Waals surface area contributed by atoms with Crippen molar-refractivity contribution in [2.75, 3.05) is 0 Å². The van der Waals surface area contributed by atoms with Gasteiger partial charge in [-0.25, -0.2) is 0 Å². The molecule has 0 radical (unpaired) electrons. The lowest BCUT2D eigenvalue weighted by atomic mass is 10.7. The molecule has 7 heavy (non-hydrogen) atoms. The van der Waals surface area contributed by atoms with Gasteiger partial charge in [0.1, 0.15) is 0 Å². The second kappa shape index (κ2) is 2.25. The summed E-state index contributed by atoms with van der Waals surface area (Å²) in [4.78, 5) is 2.56. The molecule has 0 atom stereocenters. The van der Waals surface area contributed by atoms with Crippen molar-refractivity contribution in [3.05, 3.63) is 18.3 Å². The van der Waals surface area contributed by atoms with Crippen LogP contribution in [-0.4, -0.2) is 15.6 Å². The minimum absolute atomic E-state index is 0. The fourth-order valence-corrected chi connectivity index (χ4v) is 0.321. The highest BCUT2D eigenvalue weighted by atomic mass is 16.3. The van der Waals surface area contributed by atoms with E-state index < -0.39 is 0 Å². The zero-order chi connectivity index (χ0) is 4.41. The number of H-pyrrole nitrogens is 1. The Morgan fingerprint density at radius 1 is 1.57 bits per heavy atom. The highest BCUT2D eigenvalue weighted by Crippen LogP contribution is 1.97. The Morgan fingerprint density at radius 3 is 2.43 bits per heavy atom. The summed E-state index contributed by atoms with van der Waals surface area (Å²) in [6, 6.07) is 3.31. The molecule has 0 unspecified atom stereocenters. The highest BCUT2D eigenvalue weighted by molar-refractivity contribution is 5.06. The number of aromatic hydroxyl groups is 1. The maximum atomic E-state index is 8.42. The van der Waals surface area contributed by atoms with Crippen LogP contribution in [-0.2, 0) is 0 Å². The molecule has 40 valence electrons. The molecule has 4 N–H and O–H groups in total. The lowest BCUT2D eigenvalue weighted by Gasteiger charge is -1.71. The molecule has 0 saturated heterocycles. The van der Waals surface area contributed by atoms with Crippen LogP contribution < -0.4 is 0 Å². The monoisotopic (exact) mass is 101 g/mol. The maximum Gasteiger partial charge on any atom is 0.188 e. The van der Waals surface area contributed by atoms with Gasteiger partial charge < -0.3 is 15.6 Å². The minimum atomic E-state index is 0. The average Bonchev–Trinajstić information content (AvgIpc) is 1.86. The second-order valence-corrected chi connectivity index (χ2v) is 1.06. The summed E-state index contributed by atoms with van der Waals surface area (Å²) in [7, 11) is 0. The van der Waals surface area contributed by atoms with Crippen LogP contribution in [0.1, 0.15) is 0 Å². The number of rotatable bonds is 0. The first kappa shape index (κ1) is 6.04. The van der Waals surface area contributed by atoms with Crippen molar-refractivity contribution in [3.8, 4) is 5.88 Å². The van der Waals surface area contributed by atoms with E-state index in [0.717, 1.165) is 0 Å². The van der Waals surface area contributed by atoms with Crippen LogP contribution in [0.2, 0.25) is 0 Å². The van der Waals surface area contributed by atoms with Crippen LogP contribution in [0, 0.1) is 0 Å². The fourth-order valence-electron chi connectivity index (χ4n) is 0.321. The van der Waals surface area contributed by atoms with Gasteiger partial charge in [0.15, 0.2) is 5.88 Å². The topological polar surface area (TPSA) is 67.5 Å². The largest absolute Gasteiger partial charge is 0.495 e. The molecule has 0 saturated carbocycles. The van der Waals surface area contributed by atoms with Gasteiger partial charge in [-0.1, -0.05) is 0 Å². The van der Waals surface area contributed by atoms with Gasteiger partial charge in [0.25, 0.3) is 0 Å². The third-order valence-electron chi connectivity index (χ3n) is 0.582. The molecule has 0 bridgehead atoms. The number of nitrogens with one attached hydrogen (secondary N) is 1. The van der Waals surface area contributed by atoms with Crippen molar-refractivity contribution in [1.82, 2.24) is 4.98 Å². The van der Waals surface area contributed by atoms with E-state index in [0.29, 0.717) is 0 Å². The van der Waals surface area contributed by atoms with Gasteiger partial charge in [0.05, 0.1) is 0 Å². The number of aromatic nitrogens is 1. The van der Waals surface area contributed by atoms with Crippen LogP contribution in [0.3, 0.4) is 0 Å². The summed E-state index contributed by atoms with van der Waals surface area (Å²) in [6.07, 6.45) is 1.66. The maximum absolute atomic E-state index is 8.42. The van der Waals surface area contributed by atoms with E-state index in [1.165, 1.54) is 0 Å². The van der Waals surface area contributed by atoms with Crippen molar-refractivity contribution < 1.29 is 10.6 Å². The molecule has 0 aliphatic carbocycles. The Hall–Kier alpha value is -0.960. The number of hydrogen-bond donors (Lipinski definition) is 2. The van der Waals surface area contributed by atoms with E-state index in [1.54, 1.807) is 18.3 Å². The van der Waals surface area contributed by atoms with Crippen molar-refractivity contribution in [2.24, 2.45) is 0 Å². The predicted molar refractivity (Wildman–Crippen MR) is 26.1 cm³/mol. The summed E-state index contributed by atoms with van der Waals surface area (Å²) >= 11 is 0. The Morgan fingerprint density at radius 2 is 2.29 bits per heavy atom. The van der Waals surface area contributed by atoms with Crippen LogP contribution in [0.25, 0.3) is 0 Å². The van der Waals surface area contributed by atoms with E-state index in [-0.39, 0.29) is 11.4 Å². The molecular formula is C4H7NO2. The van der Waals surface area contributed by atoms with E-state index in [1.807, 2.05) is 0 Å². The van der Waals surface area contributed by atoms with Crippen LogP contribution in [0.5, 0.6) is 5.88 Å². The molecule has 0 amide bonds. The average molecular weight is 101 g/mol. The number of hydrogen-bond acceptors (Lipinski definition) is 1. The molecule has 1 aromatic heterocycles. The standard InChI is InChI=1S/C4H5NO.H2O/c6-4-2-1-3-5-4;/h1-3,5-6H;1H2. The SMILES string of the molecule is O.Oc1ccc[nH]1. The lowest BCUT2D eigenvalue weighted by molar-refractivity contribution is 0.457. The van der Waals surface area contributed by atoms with Crippen molar-refractivity contribution in [1.29, 1.82) is 0 Å². The smallest absolute Gasteiger partial charge is 0.188 e. The molecule has 0 spiro atoms. The summed E-state index contributed by atoms with van der Waals surface area (Å²) in [5, 5.41) is 8.42. The summed E-state index contributed by atoms with van der Waals surface area (Å²) in [5.74, 6) is 0.218. The van der Waals surface area contributed by atoms with Crippen molar-refractivity contribution in [2.45, 2.75) is 0 Å². The minimum Gasteiger partial charge on any atom is -0.495 e. The molecule has 1 heterocycles. The quantitative estimate of drug-likeness (QED) is 0.470. The van der Waals surface area contributed by atoms with E-state index in [2.05, 4.69) is 4.98 Å². The molecule has 1 rings (SSSR count). The Bertz CT molecular complexity index is 113. The molecule has 1 aromatic rings. The van der Waals surface area contributed by atoms with Gasteiger partial charge in [-0.15, -0.1) is 0 Å². The van der Waals surface area contributed by atoms with Crippen LogP contribution >= 0.6 is 0 Å². The molecule has 0 aliphatic heterocycles. The van der Waals surface area contributed by atoms with E-state index in [9.17, 15) is 0 Å². The van der Waals surface area contributed by atoms with Crippen molar-refractivity contribution >= 4 is 0 Å². The van der Waals surface area contributed by atoms with Gasteiger partial charge in [0, 0.05) is 6.20 Å². The third kappa shape index (κ3) is 1.28. The molecule has 0 aliphatic rings. The lowest BCUT2D eigenvalue weighted by Crippen LogP contribution is -1.51. The molecule has 3 nitrogen and oxygen atoms in total. The predicted octanol–water partition coefficient (Wildman–Crippen LogP) is -0.104. The zero-order valence-electron chi connectivity index (χ0n) is 3.68. The first-order chi connectivity index (χ1) is 2.89. The van der Waals surface area contributed by atoms with Gasteiger partial charge in [-0.3, -0.25) is 0 Å². The summed E-state index contributed by atoms with van der Waals surface area (Å²) < 4.78 is 0. The first-order valence-electron chi connectivity index (χ1n) is 1.72. The molecular weight excluding hydrogens is 94.0 g/mol. The molecule has 3 heteroatoms. The third-order valence-corrected chi connectivity index (χ3v) is 0.582. The van der Waals surface area contributed by atoms with E-state index in [4.69, 9.17) is 5.11 Å². The van der Waals surface area contributed by atoms with Crippen molar-refractivity contribution in [3.63, 3.8) is 0 Å². The molecule has 0 aromatic carbocycles. The van der Waals surface area contributed by atoms with Gasteiger partial charge in [0.2, 0.25) is 0 Å². The Labute approximate surface area is 40.9 Å². The number of aromatic amines is 1. The molecule has 0 fully saturated rings. The fraction of sp³-hybridized carbons (Fsp3) is 0. The van der Waals surface area contributed by atoms with E-state index >= 15 is 0 Å². The zero-order valence-corrected chi connectivity index (χ0v) is 3.68. The highest BCUT2D eigenvalue weighted by Gasteiger charge is 1.75. The van der Waals surface area contributed by atoms with Gasteiger partial charge >= 0.3 is 0 Å². The summed E-state index contributed by atoms with van der Waals surface area (Å²) in [5.41, 5.74) is 0.